The standard InChI is InChI=1S/C24H25NO5/c1-15(2)18-9-11-19(12-10-18)22(26)14-29-24(27)20-7-5-6-8-23(20)28-13-21-16(3)25-30-17(21)4/h5-12,15H,13-14H2,1-4H3. The molecule has 3 aromatic rings. The number of esters is 1. The summed E-state index contributed by atoms with van der Waals surface area (Å²) >= 11 is 0. The van der Waals surface area contributed by atoms with E-state index in [-0.39, 0.29) is 24.6 Å². The van der Waals surface area contributed by atoms with E-state index in [0.29, 0.717) is 23.0 Å². The van der Waals surface area contributed by atoms with Crippen LogP contribution >= 0.6 is 0 Å². The SMILES string of the molecule is Cc1noc(C)c1COc1ccccc1C(=O)OCC(=O)c1ccc(C(C)C)cc1. The summed E-state index contributed by atoms with van der Waals surface area (Å²) in [5, 5.41) is 3.89. The molecule has 0 saturated heterocycles. The molecule has 1 heterocycles. The molecule has 0 unspecified atom stereocenters. The van der Waals surface area contributed by atoms with E-state index in [4.69, 9.17) is 14.0 Å². The van der Waals surface area contributed by atoms with Crippen LogP contribution in [-0.4, -0.2) is 23.5 Å². The van der Waals surface area contributed by atoms with Crippen LogP contribution in [0.25, 0.3) is 0 Å². The van der Waals surface area contributed by atoms with Crippen LogP contribution in [0.5, 0.6) is 5.75 Å². The molecule has 1 aromatic heterocycles. The smallest absolute Gasteiger partial charge is 0.342 e. The van der Waals surface area contributed by atoms with Crippen LogP contribution in [0.3, 0.4) is 0 Å². The van der Waals surface area contributed by atoms with Gasteiger partial charge in [0, 0.05) is 5.56 Å². The summed E-state index contributed by atoms with van der Waals surface area (Å²) in [5.41, 5.74) is 3.48. The Morgan fingerprint density at radius 2 is 1.73 bits per heavy atom. The Balaban J connectivity index is 1.63. The lowest BCUT2D eigenvalue weighted by atomic mass is 10.0. The van der Waals surface area contributed by atoms with Crippen molar-refractivity contribution in [1.29, 1.82) is 0 Å². The molecular formula is C24H25NO5. The number of carbonyl (C=O) groups excluding carboxylic acids is 2. The second-order valence-electron chi connectivity index (χ2n) is 7.36. The third kappa shape index (κ3) is 4.95. The summed E-state index contributed by atoms with van der Waals surface area (Å²) in [4.78, 5) is 24.9. The summed E-state index contributed by atoms with van der Waals surface area (Å²) in [5.74, 6) is 0.552. The molecule has 0 N–H and O–H groups in total. The van der Waals surface area contributed by atoms with Gasteiger partial charge in [0.25, 0.3) is 0 Å². The van der Waals surface area contributed by atoms with E-state index in [9.17, 15) is 9.59 Å². The zero-order valence-corrected chi connectivity index (χ0v) is 17.6. The Morgan fingerprint density at radius 3 is 2.37 bits per heavy atom. The fourth-order valence-corrected chi connectivity index (χ4v) is 2.97. The Hall–Kier alpha value is -3.41. The van der Waals surface area contributed by atoms with Crippen LogP contribution in [0.1, 0.15) is 63.1 Å². The average molecular weight is 407 g/mol. The zero-order chi connectivity index (χ0) is 21.7. The van der Waals surface area contributed by atoms with Gasteiger partial charge in [-0.05, 0) is 37.5 Å². The van der Waals surface area contributed by atoms with Crippen LogP contribution < -0.4 is 4.74 Å². The highest BCUT2D eigenvalue weighted by Gasteiger charge is 2.17. The Labute approximate surface area is 175 Å². The maximum Gasteiger partial charge on any atom is 0.342 e. The maximum absolute atomic E-state index is 12.6. The van der Waals surface area contributed by atoms with E-state index in [1.807, 2.05) is 19.1 Å². The van der Waals surface area contributed by atoms with Gasteiger partial charge < -0.3 is 14.0 Å². The van der Waals surface area contributed by atoms with Crippen molar-refractivity contribution in [2.24, 2.45) is 0 Å². The number of aryl methyl sites for hydroxylation is 2. The van der Waals surface area contributed by atoms with E-state index in [1.54, 1.807) is 43.3 Å². The van der Waals surface area contributed by atoms with Crippen molar-refractivity contribution < 1.29 is 23.6 Å². The molecular weight excluding hydrogens is 382 g/mol. The molecule has 3 rings (SSSR count). The molecule has 0 aliphatic heterocycles. The lowest BCUT2D eigenvalue weighted by Crippen LogP contribution is -2.15. The van der Waals surface area contributed by atoms with Gasteiger partial charge in [0.15, 0.2) is 12.4 Å². The predicted molar refractivity (Wildman–Crippen MR) is 112 cm³/mol. The summed E-state index contributed by atoms with van der Waals surface area (Å²) in [6, 6.07) is 14.1. The van der Waals surface area contributed by atoms with Gasteiger partial charge in [0.2, 0.25) is 0 Å². The number of nitrogens with zero attached hydrogens (tertiary/aromatic N) is 1. The number of ketones is 1. The van der Waals surface area contributed by atoms with E-state index in [2.05, 4.69) is 19.0 Å². The number of aromatic nitrogens is 1. The Bertz CT molecular complexity index is 1010. The van der Waals surface area contributed by atoms with Gasteiger partial charge in [-0.1, -0.05) is 55.4 Å². The molecule has 0 amide bonds. The fourth-order valence-electron chi connectivity index (χ4n) is 2.97. The number of rotatable bonds is 8. The van der Waals surface area contributed by atoms with Gasteiger partial charge in [-0.15, -0.1) is 0 Å². The van der Waals surface area contributed by atoms with Crippen LogP contribution in [0, 0.1) is 13.8 Å². The summed E-state index contributed by atoms with van der Waals surface area (Å²) in [6.07, 6.45) is 0. The van der Waals surface area contributed by atoms with Crippen molar-refractivity contribution in [2.75, 3.05) is 6.61 Å². The third-order valence-corrected chi connectivity index (χ3v) is 4.89. The number of hydrogen-bond acceptors (Lipinski definition) is 6. The highest BCUT2D eigenvalue weighted by atomic mass is 16.5. The zero-order valence-electron chi connectivity index (χ0n) is 17.6. The van der Waals surface area contributed by atoms with E-state index in [1.165, 1.54) is 0 Å². The molecule has 0 fully saturated rings. The van der Waals surface area contributed by atoms with Gasteiger partial charge in [-0.3, -0.25) is 4.79 Å². The lowest BCUT2D eigenvalue weighted by molar-refractivity contribution is 0.0470. The molecule has 0 aliphatic carbocycles. The van der Waals surface area contributed by atoms with E-state index in [0.717, 1.165) is 16.8 Å². The van der Waals surface area contributed by atoms with Gasteiger partial charge in [-0.2, -0.15) is 0 Å². The number of hydrogen-bond donors (Lipinski definition) is 0. The highest BCUT2D eigenvalue weighted by Crippen LogP contribution is 2.22. The molecule has 0 atom stereocenters. The third-order valence-electron chi connectivity index (χ3n) is 4.89. The van der Waals surface area contributed by atoms with Gasteiger partial charge >= 0.3 is 5.97 Å². The Morgan fingerprint density at radius 1 is 1.03 bits per heavy atom. The number of Topliss-reactive ketones (excluding diaryl/α,β-unsaturated/α-hetero) is 1. The largest absolute Gasteiger partial charge is 0.488 e. The molecule has 0 radical (unpaired) electrons. The van der Waals surface area contributed by atoms with Crippen LogP contribution in [0.4, 0.5) is 0 Å². The van der Waals surface area contributed by atoms with E-state index >= 15 is 0 Å². The molecule has 6 heteroatoms. The van der Waals surface area contributed by atoms with Crippen LogP contribution in [0.15, 0.2) is 53.1 Å². The van der Waals surface area contributed by atoms with Gasteiger partial charge in [-0.25, -0.2) is 4.79 Å². The monoisotopic (exact) mass is 407 g/mol. The van der Waals surface area contributed by atoms with Crippen LogP contribution in [0.2, 0.25) is 0 Å². The summed E-state index contributed by atoms with van der Waals surface area (Å²) < 4.78 is 16.2. The molecule has 0 spiro atoms. The van der Waals surface area contributed by atoms with E-state index < -0.39 is 5.97 Å². The van der Waals surface area contributed by atoms with Gasteiger partial charge in [0.1, 0.15) is 23.7 Å². The summed E-state index contributed by atoms with van der Waals surface area (Å²) in [6.45, 7) is 7.69. The van der Waals surface area contributed by atoms with Gasteiger partial charge in [0.05, 0.1) is 11.3 Å². The molecule has 30 heavy (non-hydrogen) atoms. The van der Waals surface area contributed by atoms with Crippen molar-refractivity contribution in [3.8, 4) is 5.75 Å². The minimum absolute atomic E-state index is 0.215. The quantitative estimate of drug-likeness (QED) is 0.385. The molecule has 2 aromatic carbocycles. The first-order chi connectivity index (χ1) is 14.4. The average Bonchev–Trinajstić information content (AvgIpc) is 3.07. The predicted octanol–water partition coefficient (Wildman–Crippen LogP) is 5.03. The maximum atomic E-state index is 12.6. The van der Waals surface area contributed by atoms with Crippen molar-refractivity contribution in [3.05, 3.63) is 82.2 Å². The van der Waals surface area contributed by atoms with Crippen molar-refractivity contribution in [1.82, 2.24) is 5.16 Å². The highest BCUT2D eigenvalue weighted by molar-refractivity contribution is 6.00. The normalized spacial score (nSPS) is 10.8. The molecule has 156 valence electrons. The number of carbonyl (C=O) groups is 2. The number of ether oxygens (including phenoxy) is 2. The Kier molecular flexibility index (Phi) is 6.67. The second-order valence-corrected chi connectivity index (χ2v) is 7.36. The fraction of sp³-hybridized carbons (Fsp3) is 0.292. The minimum atomic E-state index is -0.614. The molecule has 0 saturated carbocycles. The topological polar surface area (TPSA) is 78.6 Å². The second kappa shape index (κ2) is 9.39. The van der Waals surface area contributed by atoms with Crippen LogP contribution in [-0.2, 0) is 11.3 Å². The number of benzene rings is 2. The van der Waals surface area contributed by atoms with Crippen molar-refractivity contribution in [2.45, 2.75) is 40.2 Å². The first kappa shape index (κ1) is 21.3. The van der Waals surface area contributed by atoms with Crippen molar-refractivity contribution >= 4 is 11.8 Å². The molecule has 0 bridgehead atoms. The first-order valence-corrected chi connectivity index (χ1v) is 9.80. The lowest BCUT2D eigenvalue weighted by Gasteiger charge is -2.11. The van der Waals surface area contributed by atoms with Crippen molar-refractivity contribution in [3.63, 3.8) is 0 Å². The number of para-hydroxylation sites is 1. The summed E-state index contributed by atoms with van der Waals surface area (Å²) in [7, 11) is 0. The minimum Gasteiger partial charge on any atom is -0.488 e. The molecule has 0 aliphatic rings. The molecule has 6 nitrogen and oxygen atoms in total. The first-order valence-electron chi connectivity index (χ1n) is 9.80.